The van der Waals surface area contributed by atoms with Gasteiger partial charge in [0.15, 0.2) is 0 Å². The first-order chi connectivity index (χ1) is 32.5. The molecule has 0 spiro atoms. The van der Waals surface area contributed by atoms with Crippen molar-refractivity contribution in [2.45, 2.75) is 19.3 Å². The summed E-state index contributed by atoms with van der Waals surface area (Å²) in [5.74, 6) is 0. The Balaban J connectivity index is 0.954. The summed E-state index contributed by atoms with van der Waals surface area (Å²) in [5, 5.41) is 5.10. The number of rotatable bonds is 7. The minimum Gasteiger partial charge on any atom is -0.310 e. The second-order valence-electron chi connectivity index (χ2n) is 18.1. The van der Waals surface area contributed by atoms with Crippen molar-refractivity contribution in [3.8, 4) is 50.2 Å². The van der Waals surface area contributed by atoms with E-state index in [2.05, 4.69) is 254 Å². The second-order valence-corrected chi connectivity index (χ2v) is 19.2. The van der Waals surface area contributed by atoms with Crippen molar-refractivity contribution in [1.29, 1.82) is 0 Å². The van der Waals surface area contributed by atoms with Crippen LogP contribution in [0.4, 0.5) is 17.1 Å². The van der Waals surface area contributed by atoms with Gasteiger partial charge in [-0.1, -0.05) is 166 Å². The molecule has 66 heavy (non-hydrogen) atoms. The number of hydrogen-bond acceptors (Lipinski definition) is 2. The van der Waals surface area contributed by atoms with Gasteiger partial charge in [-0.3, -0.25) is 0 Å². The predicted octanol–water partition coefficient (Wildman–Crippen LogP) is 17.9. The quantitative estimate of drug-likeness (QED) is 0.155. The highest BCUT2D eigenvalue weighted by molar-refractivity contribution is 7.26. The Morgan fingerprint density at radius 2 is 0.939 bits per heavy atom. The third-order valence-corrected chi connectivity index (χ3v) is 15.2. The molecule has 0 aliphatic heterocycles. The molecule has 1 aliphatic carbocycles. The Hall–Kier alpha value is -7.98. The highest BCUT2D eigenvalue weighted by Gasteiger charge is 2.35. The fourth-order valence-corrected chi connectivity index (χ4v) is 11.9. The maximum absolute atomic E-state index is 2.42. The molecular weight excluding hydrogens is 817 g/mol. The van der Waals surface area contributed by atoms with Gasteiger partial charge in [0.25, 0.3) is 0 Å². The predicted molar refractivity (Wildman–Crippen MR) is 282 cm³/mol. The van der Waals surface area contributed by atoms with E-state index in [4.69, 9.17) is 0 Å². The lowest BCUT2D eigenvalue weighted by Crippen LogP contribution is -2.16. The third kappa shape index (κ3) is 6.08. The molecule has 0 bridgehead atoms. The van der Waals surface area contributed by atoms with Crippen LogP contribution in [0, 0.1) is 0 Å². The zero-order valence-corrected chi connectivity index (χ0v) is 37.6. The lowest BCUT2D eigenvalue weighted by Gasteiger charge is -2.28. The molecule has 2 nitrogen and oxygen atoms in total. The second kappa shape index (κ2) is 15.1. The number of thiophene rings is 1. The van der Waals surface area contributed by atoms with Gasteiger partial charge in [-0.15, -0.1) is 11.3 Å². The Kier molecular flexibility index (Phi) is 8.78. The average Bonchev–Trinajstić information content (AvgIpc) is 4.00. The third-order valence-electron chi connectivity index (χ3n) is 14.0. The monoisotopic (exact) mass is 860 g/mol. The van der Waals surface area contributed by atoms with Crippen molar-refractivity contribution in [1.82, 2.24) is 4.57 Å². The lowest BCUT2D eigenvalue weighted by molar-refractivity contribution is 0.660. The molecule has 0 amide bonds. The molecule has 0 unspecified atom stereocenters. The maximum atomic E-state index is 2.42. The van der Waals surface area contributed by atoms with Crippen LogP contribution in [0.1, 0.15) is 25.0 Å². The van der Waals surface area contributed by atoms with E-state index in [0.29, 0.717) is 0 Å². The van der Waals surface area contributed by atoms with E-state index in [1.807, 2.05) is 11.3 Å². The van der Waals surface area contributed by atoms with Crippen LogP contribution in [0.3, 0.4) is 0 Å². The van der Waals surface area contributed by atoms with Gasteiger partial charge >= 0.3 is 0 Å². The van der Waals surface area contributed by atoms with E-state index >= 15 is 0 Å². The molecule has 0 fully saturated rings. The van der Waals surface area contributed by atoms with Crippen molar-refractivity contribution >= 4 is 70.4 Å². The SMILES string of the molecule is CC1(C)c2ccccc2-c2ccc(N(c3ccc(-c4ccccc4)cc3)c3ccc(-c4cc(-c5ccc6c7ccccc7n(-c7ccccc7)c6c5)c5sc6ccccc6c5c4)cc3)cc21. The Bertz CT molecular complexity index is 3820. The van der Waals surface area contributed by atoms with Gasteiger partial charge in [0.1, 0.15) is 0 Å². The zero-order chi connectivity index (χ0) is 43.9. The van der Waals surface area contributed by atoms with Crippen molar-refractivity contribution < 1.29 is 0 Å². The molecular formula is C63H44N2S. The highest BCUT2D eigenvalue weighted by Crippen LogP contribution is 2.51. The van der Waals surface area contributed by atoms with E-state index in [9.17, 15) is 0 Å². The van der Waals surface area contributed by atoms with Crippen LogP contribution in [0.25, 0.3) is 92.2 Å². The van der Waals surface area contributed by atoms with Gasteiger partial charge < -0.3 is 9.47 Å². The Morgan fingerprint density at radius 1 is 0.364 bits per heavy atom. The Morgan fingerprint density at radius 3 is 1.71 bits per heavy atom. The summed E-state index contributed by atoms with van der Waals surface area (Å²) in [5.41, 5.74) is 19.5. The summed E-state index contributed by atoms with van der Waals surface area (Å²) < 4.78 is 5.03. The highest BCUT2D eigenvalue weighted by atomic mass is 32.1. The van der Waals surface area contributed by atoms with E-state index in [0.717, 1.165) is 22.7 Å². The van der Waals surface area contributed by atoms with Gasteiger partial charge in [-0.05, 0) is 129 Å². The van der Waals surface area contributed by atoms with Crippen molar-refractivity contribution in [2.75, 3.05) is 4.90 Å². The minimum atomic E-state index is -0.112. The van der Waals surface area contributed by atoms with Gasteiger partial charge in [0.05, 0.1) is 11.0 Å². The van der Waals surface area contributed by atoms with Crippen molar-refractivity contribution in [2.24, 2.45) is 0 Å². The summed E-state index contributed by atoms with van der Waals surface area (Å²) in [6, 6.07) is 85.1. The van der Waals surface area contributed by atoms with Crippen LogP contribution >= 0.6 is 11.3 Å². The summed E-state index contributed by atoms with van der Waals surface area (Å²) in [6.07, 6.45) is 0. The molecule has 0 saturated heterocycles. The normalized spacial score (nSPS) is 12.8. The molecule has 312 valence electrons. The molecule has 0 N–H and O–H groups in total. The molecule has 2 heterocycles. The van der Waals surface area contributed by atoms with Crippen LogP contribution < -0.4 is 4.90 Å². The van der Waals surface area contributed by atoms with Crippen LogP contribution in [0.15, 0.2) is 231 Å². The van der Waals surface area contributed by atoms with E-state index in [-0.39, 0.29) is 5.41 Å². The largest absolute Gasteiger partial charge is 0.310 e. The van der Waals surface area contributed by atoms with Crippen LogP contribution in [0.5, 0.6) is 0 Å². The molecule has 10 aromatic carbocycles. The van der Waals surface area contributed by atoms with Crippen molar-refractivity contribution in [3.05, 3.63) is 242 Å². The number of hydrogen-bond donors (Lipinski definition) is 0. The smallest absolute Gasteiger partial charge is 0.0547 e. The molecule has 13 rings (SSSR count). The molecule has 3 heteroatoms. The van der Waals surface area contributed by atoms with Crippen molar-refractivity contribution in [3.63, 3.8) is 0 Å². The first-order valence-electron chi connectivity index (χ1n) is 22.8. The number of para-hydroxylation sites is 2. The number of aromatic nitrogens is 1. The standard InChI is InChI=1S/C63H44N2S/c1-63(2)57-22-12-9-19-50(57)51-36-34-49(40-58(51)63)64(47-30-25-42(26-31-47)41-15-5-3-6-16-41)48-32-27-43(28-33-48)45-37-55(62-56(38-45)54-21-11-14-24-61(54)66-62)44-29-35-53-52-20-10-13-23-59(52)65(60(53)39-44)46-17-7-4-8-18-46/h3-40H,1-2H3. The molecule has 1 aliphatic rings. The van der Waals surface area contributed by atoms with Crippen LogP contribution in [-0.4, -0.2) is 4.57 Å². The molecule has 2 aromatic heterocycles. The summed E-state index contributed by atoms with van der Waals surface area (Å²) in [6.45, 7) is 4.72. The first-order valence-corrected chi connectivity index (χ1v) is 23.6. The molecule has 0 atom stereocenters. The average molecular weight is 861 g/mol. The number of fused-ring (bicyclic) bond motifs is 9. The van der Waals surface area contributed by atoms with Gasteiger partial charge in [-0.2, -0.15) is 0 Å². The first kappa shape index (κ1) is 38.5. The number of anilines is 3. The zero-order valence-electron chi connectivity index (χ0n) is 36.7. The van der Waals surface area contributed by atoms with E-state index in [1.54, 1.807) is 0 Å². The summed E-state index contributed by atoms with van der Waals surface area (Å²) in [4.78, 5) is 2.42. The molecule has 12 aromatic rings. The fraction of sp³-hybridized carbons (Fsp3) is 0.0476. The summed E-state index contributed by atoms with van der Waals surface area (Å²) >= 11 is 1.89. The molecule has 0 radical (unpaired) electrons. The molecule has 0 saturated carbocycles. The van der Waals surface area contributed by atoms with Gasteiger partial charge in [0, 0.05) is 64.7 Å². The van der Waals surface area contributed by atoms with Gasteiger partial charge in [-0.25, -0.2) is 0 Å². The van der Waals surface area contributed by atoms with E-state index < -0.39 is 0 Å². The fourth-order valence-electron chi connectivity index (χ4n) is 10.7. The van der Waals surface area contributed by atoms with Gasteiger partial charge in [0.2, 0.25) is 0 Å². The minimum absolute atomic E-state index is 0.112. The maximum Gasteiger partial charge on any atom is 0.0547 e. The number of nitrogens with zero attached hydrogens (tertiary/aromatic N) is 2. The van der Waals surface area contributed by atoms with Crippen LogP contribution in [0.2, 0.25) is 0 Å². The van der Waals surface area contributed by atoms with Crippen LogP contribution in [-0.2, 0) is 5.41 Å². The Labute approximate surface area is 388 Å². The topological polar surface area (TPSA) is 8.17 Å². The van der Waals surface area contributed by atoms with E-state index in [1.165, 1.54) is 97.6 Å². The number of benzene rings is 10. The lowest BCUT2D eigenvalue weighted by atomic mass is 9.82. The summed E-state index contributed by atoms with van der Waals surface area (Å²) in [7, 11) is 0.